The molecule has 2 rings (SSSR count). The van der Waals surface area contributed by atoms with Crippen LogP contribution in [-0.2, 0) is 9.59 Å². The summed E-state index contributed by atoms with van der Waals surface area (Å²) in [6, 6.07) is -0.213. The summed E-state index contributed by atoms with van der Waals surface area (Å²) in [5.41, 5.74) is 0. The molecule has 0 unspecified atom stereocenters. The highest BCUT2D eigenvalue weighted by Crippen LogP contribution is 2.22. The molecule has 2 aliphatic rings. The van der Waals surface area contributed by atoms with E-state index in [0.29, 0.717) is 6.42 Å². The molecule has 1 atom stereocenters. The Kier molecular flexibility index (Phi) is 3.25. The second-order valence-corrected chi connectivity index (χ2v) is 4.71. The van der Waals surface area contributed by atoms with Crippen molar-refractivity contribution in [1.82, 2.24) is 14.9 Å². The predicted molar refractivity (Wildman–Crippen MR) is 59.4 cm³/mol. The van der Waals surface area contributed by atoms with Crippen molar-refractivity contribution in [1.29, 1.82) is 0 Å². The van der Waals surface area contributed by atoms with Gasteiger partial charge in [0.15, 0.2) is 0 Å². The summed E-state index contributed by atoms with van der Waals surface area (Å²) in [7, 11) is 3.46. The van der Waals surface area contributed by atoms with E-state index in [4.69, 9.17) is 0 Å². The molecule has 0 aromatic carbocycles. The van der Waals surface area contributed by atoms with Crippen molar-refractivity contribution in [3.63, 3.8) is 0 Å². The minimum Gasteiger partial charge on any atom is -0.291 e. The molecule has 0 saturated carbocycles. The van der Waals surface area contributed by atoms with Gasteiger partial charge in [0.05, 0.1) is 6.42 Å². The van der Waals surface area contributed by atoms with Crippen molar-refractivity contribution in [2.24, 2.45) is 0 Å². The minimum atomic E-state index is -0.213. The lowest BCUT2D eigenvalue weighted by Gasteiger charge is -2.31. The topological polar surface area (TPSA) is 43.9 Å². The summed E-state index contributed by atoms with van der Waals surface area (Å²) in [5.74, 6) is -0.137. The quantitative estimate of drug-likeness (QED) is 0.624. The highest BCUT2D eigenvalue weighted by atomic mass is 16.2. The number of hydrogen-bond donors (Lipinski definition) is 0. The van der Waals surface area contributed by atoms with E-state index in [0.717, 1.165) is 25.9 Å². The third kappa shape index (κ3) is 1.97. The van der Waals surface area contributed by atoms with Crippen LogP contribution in [0.4, 0.5) is 0 Å². The number of imide groups is 1. The Morgan fingerprint density at radius 1 is 1.12 bits per heavy atom. The van der Waals surface area contributed by atoms with Crippen LogP contribution in [0.15, 0.2) is 0 Å². The van der Waals surface area contributed by atoms with Gasteiger partial charge in [-0.05, 0) is 25.9 Å². The zero-order valence-corrected chi connectivity index (χ0v) is 9.98. The number of likely N-dealkylation sites (tertiary alicyclic amines) is 1. The van der Waals surface area contributed by atoms with E-state index in [1.54, 1.807) is 19.1 Å². The molecule has 2 fully saturated rings. The van der Waals surface area contributed by atoms with Crippen LogP contribution in [0.5, 0.6) is 0 Å². The predicted octanol–water partition coefficient (Wildman–Crippen LogP) is 0.0764. The van der Waals surface area contributed by atoms with Gasteiger partial charge < -0.3 is 0 Å². The number of carbonyl (C=O) groups is 2. The average Bonchev–Trinajstić information content (AvgIpc) is 2.55. The van der Waals surface area contributed by atoms with Crippen molar-refractivity contribution >= 4 is 11.8 Å². The van der Waals surface area contributed by atoms with Gasteiger partial charge in [-0.1, -0.05) is 6.42 Å². The molecule has 90 valence electrons. The van der Waals surface area contributed by atoms with Crippen molar-refractivity contribution in [2.45, 2.75) is 31.7 Å². The van der Waals surface area contributed by atoms with Crippen LogP contribution in [0.2, 0.25) is 0 Å². The summed E-state index contributed by atoms with van der Waals surface area (Å²) in [6.45, 7) is 1.90. The van der Waals surface area contributed by atoms with E-state index < -0.39 is 0 Å². The summed E-state index contributed by atoms with van der Waals surface area (Å²) in [5, 5.41) is 2.84. The molecular weight excluding hydrogens is 206 g/mol. The number of rotatable bonds is 2. The van der Waals surface area contributed by atoms with Gasteiger partial charge in [0, 0.05) is 14.1 Å². The molecule has 0 N–H and O–H groups in total. The number of hydrogen-bond acceptors (Lipinski definition) is 4. The summed E-state index contributed by atoms with van der Waals surface area (Å²) in [6.07, 6.45) is 3.86. The molecular formula is C11H19N3O2. The van der Waals surface area contributed by atoms with Crippen LogP contribution >= 0.6 is 0 Å². The van der Waals surface area contributed by atoms with Gasteiger partial charge in [-0.25, -0.2) is 10.0 Å². The third-order valence-corrected chi connectivity index (χ3v) is 3.33. The van der Waals surface area contributed by atoms with Crippen LogP contribution < -0.4 is 0 Å². The first-order chi connectivity index (χ1) is 7.61. The van der Waals surface area contributed by atoms with Gasteiger partial charge in [-0.2, -0.15) is 0 Å². The number of piperidine rings is 1. The monoisotopic (exact) mass is 225 g/mol. The highest BCUT2D eigenvalue weighted by Gasteiger charge is 2.43. The normalized spacial score (nSPS) is 28.2. The molecule has 16 heavy (non-hydrogen) atoms. The van der Waals surface area contributed by atoms with E-state index in [2.05, 4.69) is 4.90 Å². The lowest BCUT2D eigenvalue weighted by molar-refractivity contribution is -0.154. The van der Waals surface area contributed by atoms with Gasteiger partial charge in [0.1, 0.15) is 6.04 Å². The van der Waals surface area contributed by atoms with Gasteiger partial charge in [0.25, 0.3) is 5.91 Å². The minimum absolute atomic E-state index is 0.0584. The smallest absolute Gasteiger partial charge is 0.261 e. The summed E-state index contributed by atoms with van der Waals surface area (Å²) in [4.78, 5) is 26.0. The molecule has 0 aromatic rings. The molecule has 2 saturated heterocycles. The van der Waals surface area contributed by atoms with Crippen LogP contribution in [-0.4, -0.2) is 60.0 Å². The van der Waals surface area contributed by atoms with Crippen LogP contribution in [0.3, 0.4) is 0 Å². The molecule has 0 aromatic heterocycles. The van der Waals surface area contributed by atoms with Gasteiger partial charge in [-0.15, -0.1) is 0 Å². The van der Waals surface area contributed by atoms with Crippen molar-refractivity contribution < 1.29 is 9.59 Å². The largest absolute Gasteiger partial charge is 0.291 e. The first-order valence-electron chi connectivity index (χ1n) is 5.89. The van der Waals surface area contributed by atoms with Gasteiger partial charge in [-0.3, -0.25) is 14.5 Å². The third-order valence-electron chi connectivity index (χ3n) is 3.33. The van der Waals surface area contributed by atoms with Crippen LogP contribution in [0, 0.1) is 0 Å². The Morgan fingerprint density at radius 2 is 1.75 bits per heavy atom. The Labute approximate surface area is 95.9 Å². The molecule has 0 spiro atoms. The maximum absolute atomic E-state index is 12.1. The Hall–Kier alpha value is -0.940. The van der Waals surface area contributed by atoms with E-state index in [-0.39, 0.29) is 17.9 Å². The lowest BCUT2D eigenvalue weighted by atomic mass is 10.1. The van der Waals surface area contributed by atoms with E-state index >= 15 is 0 Å². The lowest BCUT2D eigenvalue weighted by Crippen LogP contribution is -2.47. The van der Waals surface area contributed by atoms with Gasteiger partial charge >= 0.3 is 0 Å². The van der Waals surface area contributed by atoms with Crippen molar-refractivity contribution in [3.8, 4) is 0 Å². The van der Waals surface area contributed by atoms with Gasteiger partial charge in [0.2, 0.25) is 5.91 Å². The fourth-order valence-corrected chi connectivity index (χ4v) is 2.54. The molecule has 2 aliphatic heterocycles. The fourth-order valence-electron chi connectivity index (χ4n) is 2.54. The zero-order valence-electron chi connectivity index (χ0n) is 9.98. The van der Waals surface area contributed by atoms with Crippen LogP contribution in [0.25, 0.3) is 0 Å². The first kappa shape index (κ1) is 11.5. The number of carbonyl (C=O) groups excluding carboxylic acids is 2. The van der Waals surface area contributed by atoms with E-state index in [1.165, 1.54) is 11.4 Å². The highest BCUT2D eigenvalue weighted by molar-refractivity contribution is 6.04. The van der Waals surface area contributed by atoms with E-state index in [1.807, 2.05) is 0 Å². The second-order valence-electron chi connectivity index (χ2n) is 4.71. The zero-order chi connectivity index (χ0) is 11.7. The summed E-state index contributed by atoms with van der Waals surface area (Å²) >= 11 is 0. The Morgan fingerprint density at radius 3 is 2.25 bits per heavy atom. The van der Waals surface area contributed by atoms with Crippen LogP contribution in [0.1, 0.15) is 25.7 Å². The molecule has 2 heterocycles. The molecule has 2 amide bonds. The second kappa shape index (κ2) is 4.51. The number of hydrazine groups is 1. The Balaban J connectivity index is 2.07. The van der Waals surface area contributed by atoms with E-state index in [9.17, 15) is 9.59 Å². The standard InChI is InChI=1S/C11H19N3O2/c1-12(2)14-10(15)8-9(11(14)16)13-6-4-3-5-7-13/h9H,3-8H2,1-2H3/t9-/m0/s1. The molecule has 5 heteroatoms. The maximum atomic E-state index is 12.1. The molecule has 0 radical (unpaired) electrons. The Bertz CT molecular complexity index is 298. The fraction of sp³-hybridized carbons (Fsp3) is 0.818. The SMILES string of the molecule is CN(C)N1C(=O)C[C@H](N2CCCCC2)C1=O. The molecule has 0 aliphatic carbocycles. The molecule has 5 nitrogen and oxygen atoms in total. The number of nitrogens with zero attached hydrogens (tertiary/aromatic N) is 3. The first-order valence-corrected chi connectivity index (χ1v) is 5.89. The maximum Gasteiger partial charge on any atom is 0.261 e. The average molecular weight is 225 g/mol. The van der Waals surface area contributed by atoms with Crippen molar-refractivity contribution in [3.05, 3.63) is 0 Å². The van der Waals surface area contributed by atoms with Crippen molar-refractivity contribution in [2.75, 3.05) is 27.2 Å². The number of amides is 2. The molecule has 0 bridgehead atoms. The summed E-state index contributed by atoms with van der Waals surface area (Å²) < 4.78 is 0.